The second kappa shape index (κ2) is 6.57. The van der Waals surface area contributed by atoms with Gasteiger partial charge in [0.25, 0.3) is 0 Å². The summed E-state index contributed by atoms with van der Waals surface area (Å²) in [5, 5.41) is 8.21. The molecule has 2 nitrogen and oxygen atoms in total. The first kappa shape index (κ1) is 9.45. The molecule has 0 amide bonds. The molecule has 0 bridgehead atoms. The molecule has 0 heterocycles. The molecule has 2 heteroatoms. The fraction of sp³-hybridized carbons (Fsp3) is 0.875. The molecule has 0 rings (SSSR count). The molecule has 0 aromatic rings. The largest absolute Gasteiger partial charge is 0.309 e. The minimum absolute atomic E-state index is 0.716. The van der Waals surface area contributed by atoms with Crippen molar-refractivity contribution in [1.29, 1.82) is 5.26 Å². The molecule has 10 heavy (non-hydrogen) atoms. The molecule has 58 valence electrons. The Morgan fingerprint density at radius 1 is 1.20 bits per heavy atom. The van der Waals surface area contributed by atoms with Gasteiger partial charge in [-0.2, -0.15) is 5.26 Å². The van der Waals surface area contributed by atoms with Crippen molar-refractivity contribution in [3.8, 4) is 6.07 Å². The van der Waals surface area contributed by atoms with Crippen LogP contribution in [0.4, 0.5) is 0 Å². The van der Waals surface area contributed by atoms with E-state index >= 15 is 0 Å². The zero-order chi connectivity index (χ0) is 7.82. The van der Waals surface area contributed by atoms with E-state index < -0.39 is 0 Å². The van der Waals surface area contributed by atoms with Gasteiger partial charge in [0.2, 0.25) is 0 Å². The van der Waals surface area contributed by atoms with E-state index in [1.807, 2.05) is 0 Å². The van der Waals surface area contributed by atoms with Gasteiger partial charge in [-0.25, -0.2) is 0 Å². The normalized spacial score (nSPS) is 9.80. The van der Waals surface area contributed by atoms with Crippen LogP contribution in [0.15, 0.2) is 0 Å². The van der Waals surface area contributed by atoms with Crippen LogP contribution in [0.1, 0.15) is 25.7 Å². The molecule has 0 fully saturated rings. The molecular formula is C8H16N2. The van der Waals surface area contributed by atoms with E-state index in [1.165, 1.54) is 12.8 Å². The summed E-state index contributed by atoms with van der Waals surface area (Å²) >= 11 is 0. The number of hydrogen-bond acceptors (Lipinski definition) is 2. The van der Waals surface area contributed by atoms with Crippen LogP contribution >= 0.6 is 0 Å². The van der Waals surface area contributed by atoms with Crippen molar-refractivity contribution in [2.75, 3.05) is 20.6 Å². The number of nitrogens with zero attached hydrogens (tertiary/aromatic N) is 2. The van der Waals surface area contributed by atoms with E-state index in [-0.39, 0.29) is 0 Å². The third kappa shape index (κ3) is 7.45. The van der Waals surface area contributed by atoms with Crippen molar-refractivity contribution < 1.29 is 0 Å². The van der Waals surface area contributed by atoms with E-state index in [2.05, 4.69) is 25.1 Å². The van der Waals surface area contributed by atoms with Crippen LogP contribution in [0, 0.1) is 11.3 Å². The molecule has 0 aliphatic carbocycles. The van der Waals surface area contributed by atoms with Crippen molar-refractivity contribution in [2.45, 2.75) is 25.7 Å². The van der Waals surface area contributed by atoms with E-state index in [1.54, 1.807) is 0 Å². The summed E-state index contributed by atoms with van der Waals surface area (Å²) in [7, 11) is 4.15. The molecule has 0 aromatic heterocycles. The first-order valence-corrected chi connectivity index (χ1v) is 3.79. The third-order valence-electron chi connectivity index (χ3n) is 1.39. The van der Waals surface area contributed by atoms with Crippen molar-refractivity contribution in [3.63, 3.8) is 0 Å². The lowest BCUT2D eigenvalue weighted by atomic mass is 10.2. The maximum Gasteiger partial charge on any atom is 0.0621 e. The number of hydrogen-bond donors (Lipinski definition) is 0. The van der Waals surface area contributed by atoms with Crippen molar-refractivity contribution in [2.24, 2.45) is 0 Å². The summed E-state index contributed by atoms with van der Waals surface area (Å²) in [6.07, 6.45) is 4.18. The fourth-order valence-electron chi connectivity index (χ4n) is 0.809. The van der Waals surface area contributed by atoms with Gasteiger partial charge in [0.1, 0.15) is 0 Å². The van der Waals surface area contributed by atoms with E-state index in [0.29, 0.717) is 6.42 Å². The highest BCUT2D eigenvalue weighted by molar-refractivity contribution is 4.67. The molecule has 0 aliphatic heterocycles. The SMILES string of the molecule is CN(C)CCCCCC#N. The first-order chi connectivity index (χ1) is 4.77. The van der Waals surface area contributed by atoms with Gasteiger partial charge in [0, 0.05) is 6.42 Å². The van der Waals surface area contributed by atoms with Crippen molar-refractivity contribution in [3.05, 3.63) is 0 Å². The zero-order valence-corrected chi connectivity index (χ0v) is 6.93. The first-order valence-electron chi connectivity index (χ1n) is 3.79. The van der Waals surface area contributed by atoms with Crippen molar-refractivity contribution >= 4 is 0 Å². The predicted octanol–water partition coefficient (Wildman–Crippen LogP) is 1.63. The molecule has 0 spiro atoms. The second-order valence-electron chi connectivity index (χ2n) is 2.77. The molecule has 0 atom stereocenters. The minimum atomic E-state index is 0.716. The number of nitriles is 1. The lowest BCUT2D eigenvalue weighted by Gasteiger charge is -2.07. The van der Waals surface area contributed by atoms with E-state index in [4.69, 9.17) is 5.26 Å². The summed E-state index contributed by atoms with van der Waals surface area (Å²) in [6.45, 7) is 1.14. The highest BCUT2D eigenvalue weighted by Gasteiger charge is 1.89. The Morgan fingerprint density at radius 2 is 1.90 bits per heavy atom. The Labute approximate surface area is 63.4 Å². The molecule has 0 aliphatic rings. The van der Waals surface area contributed by atoms with Crippen LogP contribution < -0.4 is 0 Å². The quantitative estimate of drug-likeness (QED) is 0.543. The Balaban J connectivity index is 2.86. The average Bonchev–Trinajstić information content (AvgIpc) is 1.87. The highest BCUT2D eigenvalue weighted by atomic mass is 15.0. The van der Waals surface area contributed by atoms with Gasteiger partial charge >= 0.3 is 0 Å². The molecule has 0 saturated carbocycles. The smallest absolute Gasteiger partial charge is 0.0621 e. The summed E-state index contributed by atoms with van der Waals surface area (Å²) in [5.74, 6) is 0. The van der Waals surface area contributed by atoms with Gasteiger partial charge in [-0.3, -0.25) is 0 Å². The average molecular weight is 140 g/mol. The van der Waals surface area contributed by atoms with Crippen LogP contribution in [0.5, 0.6) is 0 Å². The Bertz CT molecular complexity index is 102. The summed E-state index contributed by atoms with van der Waals surface area (Å²) < 4.78 is 0. The lowest BCUT2D eigenvalue weighted by molar-refractivity contribution is 0.392. The Hall–Kier alpha value is -0.550. The second-order valence-corrected chi connectivity index (χ2v) is 2.77. The fourth-order valence-corrected chi connectivity index (χ4v) is 0.809. The predicted molar refractivity (Wildman–Crippen MR) is 42.6 cm³/mol. The van der Waals surface area contributed by atoms with Crippen molar-refractivity contribution in [1.82, 2.24) is 4.90 Å². The maximum absolute atomic E-state index is 8.21. The van der Waals surface area contributed by atoms with Gasteiger partial charge in [0.05, 0.1) is 6.07 Å². The summed E-state index contributed by atoms with van der Waals surface area (Å²) in [4.78, 5) is 2.17. The maximum atomic E-state index is 8.21. The summed E-state index contributed by atoms with van der Waals surface area (Å²) in [6, 6.07) is 2.14. The molecule has 0 radical (unpaired) electrons. The minimum Gasteiger partial charge on any atom is -0.309 e. The summed E-state index contributed by atoms with van der Waals surface area (Å²) in [5.41, 5.74) is 0. The molecule has 0 unspecified atom stereocenters. The molecular weight excluding hydrogens is 124 g/mol. The Morgan fingerprint density at radius 3 is 2.40 bits per heavy atom. The third-order valence-corrected chi connectivity index (χ3v) is 1.39. The Kier molecular flexibility index (Phi) is 6.21. The lowest BCUT2D eigenvalue weighted by Crippen LogP contribution is -2.12. The van der Waals surface area contributed by atoms with Crippen LogP contribution in [-0.4, -0.2) is 25.5 Å². The molecule has 0 N–H and O–H groups in total. The van der Waals surface area contributed by atoms with Gasteiger partial charge in [-0.1, -0.05) is 6.42 Å². The highest BCUT2D eigenvalue weighted by Crippen LogP contribution is 1.98. The van der Waals surface area contributed by atoms with Gasteiger partial charge in [0.15, 0.2) is 0 Å². The van der Waals surface area contributed by atoms with E-state index in [9.17, 15) is 0 Å². The van der Waals surface area contributed by atoms with Gasteiger partial charge < -0.3 is 4.90 Å². The number of rotatable bonds is 5. The van der Waals surface area contributed by atoms with Gasteiger partial charge in [-0.15, -0.1) is 0 Å². The van der Waals surface area contributed by atoms with Crippen LogP contribution in [0.25, 0.3) is 0 Å². The molecule has 0 saturated heterocycles. The van der Waals surface area contributed by atoms with Crippen LogP contribution in [-0.2, 0) is 0 Å². The van der Waals surface area contributed by atoms with Crippen LogP contribution in [0.2, 0.25) is 0 Å². The monoisotopic (exact) mass is 140 g/mol. The number of unbranched alkanes of at least 4 members (excludes halogenated alkanes) is 3. The zero-order valence-electron chi connectivity index (χ0n) is 6.93. The van der Waals surface area contributed by atoms with Crippen LogP contribution in [0.3, 0.4) is 0 Å². The topological polar surface area (TPSA) is 27.0 Å². The standard InChI is InChI=1S/C8H16N2/c1-10(2)8-6-4-3-5-7-9/h3-6,8H2,1-2H3. The van der Waals surface area contributed by atoms with Gasteiger partial charge in [-0.05, 0) is 33.5 Å². The molecule has 0 aromatic carbocycles. The van der Waals surface area contributed by atoms with E-state index in [0.717, 1.165) is 13.0 Å².